The first kappa shape index (κ1) is 15.7. The topological polar surface area (TPSA) is 68.0 Å². The number of halogens is 3. The second kappa shape index (κ2) is 6.87. The Bertz CT molecular complexity index is 638. The van der Waals surface area contributed by atoms with Crippen molar-refractivity contribution in [2.45, 2.75) is 25.7 Å². The van der Waals surface area contributed by atoms with Gasteiger partial charge in [0.15, 0.2) is 5.82 Å². The second-order valence-corrected chi connectivity index (χ2v) is 5.29. The molecule has 0 radical (unpaired) electrons. The zero-order chi connectivity index (χ0) is 15.4. The van der Waals surface area contributed by atoms with Crippen LogP contribution in [0.3, 0.4) is 0 Å². The van der Waals surface area contributed by atoms with Crippen LogP contribution in [0, 0.1) is 5.82 Å². The first-order valence-electron chi connectivity index (χ1n) is 6.25. The monoisotopic (exact) mass is 331 g/mol. The van der Waals surface area contributed by atoms with Gasteiger partial charge < -0.3 is 5.11 Å². The van der Waals surface area contributed by atoms with Gasteiger partial charge in [0.2, 0.25) is 0 Å². The van der Waals surface area contributed by atoms with E-state index in [0.717, 1.165) is 5.69 Å². The first-order valence-corrected chi connectivity index (χ1v) is 7.01. The summed E-state index contributed by atoms with van der Waals surface area (Å²) < 4.78 is 14.8. The van der Waals surface area contributed by atoms with Crippen molar-refractivity contribution in [2.75, 3.05) is 0 Å². The molecule has 8 heteroatoms. The third-order valence-electron chi connectivity index (χ3n) is 2.85. The van der Waals surface area contributed by atoms with Crippen molar-refractivity contribution >= 4 is 29.2 Å². The molecule has 2 rings (SSSR count). The summed E-state index contributed by atoms with van der Waals surface area (Å²) in [5, 5.41) is 16.3. The summed E-state index contributed by atoms with van der Waals surface area (Å²) in [5.41, 5.74) is 1.23. The zero-order valence-corrected chi connectivity index (χ0v) is 12.4. The number of carboxylic acid groups (broad SMARTS) is 1. The van der Waals surface area contributed by atoms with Gasteiger partial charge in [-0.1, -0.05) is 28.4 Å². The highest BCUT2D eigenvalue weighted by Crippen LogP contribution is 2.26. The molecule has 0 amide bonds. The van der Waals surface area contributed by atoms with Crippen LogP contribution in [0.2, 0.25) is 10.0 Å². The van der Waals surface area contributed by atoms with Gasteiger partial charge in [0.05, 0.1) is 27.6 Å². The van der Waals surface area contributed by atoms with Crippen LogP contribution in [0.5, 0.6) is 0 Å². The first-order chi connectivity index (χ1) is 9.97. The van der Waals surface area contributed by atoms with Crippen molar-refractivity contribution in [3.05, 3.63) is 39.9 Å². The molecule has 0 fully saturated rings. The van der Waals surface area contributed by atoms with E-state index in [1.54, 1.807) is 6.20 Å². The molecule has 0 saturated heterocycles. The molecule has 0 bridgehead atoms. The summed E-state index contributed by atoms with van der Waals surface area (Å²) in [6.07, 6.45) is 3.72. The van der Waals surface area contributed by atoms with Crippen LogP contribution < -0.4 is 0 Å². The number of aryl methyl sites for hydroxylation is 1. The highest BCUT2D eigenvalue weighted by atomic mass is 35.5. The highest BCUT2D eigenvalue weighted by Gasteiger charge is 2.10. The minimum absolute atomic E-state index is 0.0870. The fraction of sp³-hybridized carbons (Fsp3) is 0.308. The minimum Gasteiger partial charge on any atom is -0.481 e. The molecule has 5 nitrogen and oxygen atoms in total. The number of benzene rings is 1. The minimum atomic E-state index is -0.811. The fourth-order valence-electron chi connectivity index (χ4n) is 1.80. The largest absolute Gasteiger partial charge is 0.481 e. The molecule has 1 aromatic heterocycles. The Hall–Kier alpha value is -1.66. The summed E-state index contributed by atoms with van der Waals surface area (Å²) in [6, 6.07) is 2.82. The van der Waals surface area contributed by atoms with Gasteiger partial charge in [0.1, 0.15) is 0 Å². The lowest BCUT2D eigenvalue weighted by atomic mass is 10.1. The molecule has 0 atom stereocenters. The predicted octanol–water partition coefficient (Wildman–Crippen LogP) is 3.51. The van der Waals surface area contributed by atoms with E-state index in [9.17, 15) is 9.18 Å². The van der Waals surface area contributed by atoms with Crippen molar-refractivity contribution in [1.29, 1.82) is 0 Å². The molecule has 2 aromatic rings. The van der Waals surface area contributed by atoms with Crippen LogP contribution in [0.15, 0.2) is 18.3 Å². The Morgan fingerprint density at radius 1 is 1.29 bits per heavy atom. The van der Waals surface area contributed by atoms with E-state index >= 15 is 0 Å². The molecule has 1 N–H and O–H groups in total. The Labute approximate surface area is 130 Å². The Morgan fingerprint density at radius 3 is 2.57 bits per heavy atom. The van der Waals surface area contributed by atoms with E-state index in [-0.39, 0.29) is 16.5 Å². The molecular weight excluding hydrogens is 320 g/mol. The third-order valence-corrected chi connectivity index (χ3v) is 3.40. The van der Waals surface area contributed by atoms with Crippen molar-refractivity contribution in [2.24, 2.45) is 0 Å². The second-order valence-electron chi connectivity index (χ2n) is 4.48. The van der Waals surface area contributed by atoms with Crippen LogP contribution in [-0.2, 0) is 11.2 Å². The molecule has 0 aliphatic heterocycles. The number of hydrogen-bond acceptors (Lipinski definition) is 3. The maximum absolute atomic E-state index is 13.3. The smallest absolute Gasteiger partial charge is 0.303 e. The summed E-state index contributed by atoms with van der Waals surface area (Å²) in [4.78, 5) is 10.4. The van der Waals surface area contributed by atoms with Crippen molar-refractivity contribution in [3.63, 3.8) is 0 Å². The van der Waals surface area contributed by atoms with Gasteiger partial charge >= 0.3 is 5.97 Å². The number of carboxylic acids is 1. The summed E-state index contributed by atoms with van der Waals surface area (Å²) in [7, 11) is 0. The Kier molecular flexibility index (Phi) is 5.14. The predicted molar refractivity (Wildman–Crippen MR) is 76.5 cm³/mol. The SMILES string of the molecule is O=C(O)CCCCc1cn(-c2cc(Cl)c(F)c(Cl)c2)nn1. The van der Waals surface area contributed by atoms with Crippen LogP contribution in [-0.4, -0.2) is 26.1 Å². The van der Waals surface area contributed by atoms with Crippen molar-refractivity contribution in [1.82, 2.24) is 15.0 Å². The van der Waals surface area contributed by atoms with Gasteiger partial charge in [-0.25, -0.2) is 9.07 Å². The van der Waals surface area contributed by atoms with Gasteiger partial charge in [-0.15, -0.1) is 5.10 Å². The van der Waals surface area contributed by atoms with Gasteiger partial charge in [-0.2, -0.15) is 0 Å². The molecule has 112 valence electrons. The maximum Gasteiger partial charge on any atom is 0.303 e. The average Bonchev–Trinajstić information content (AvgIpc) is 2.89. The van der Waals surface area contributed by atoms with Crippen LogP contribution in [0.1, 0.15) is 25.0 Å². The summed E-state index contributed by atoms with van der Waals surface area (Å²) in [5.74, 6) is -1.48. The lowest BCUT2D eigenvalue weighted by Crippen LogP contribution is -1.96. The lowest BCUT2D eigenvalue weighted by molar-refractivity contribution is -0.137. The fourth-order valence-corrected chi connectivity index (χ4v) is 2.27. The van der Waals surface area contributed by atoms with E-state index < -0.39 is 11.8 Å². The number of unbranched alkanes of at least 4 members (excludes halogenated alkanes) is 1. The standard InChI is InChI=1S/C13H12Cl2FN3O2/c14-10-5-9(6-11(15)13(10)16)19-7-8(17-18-19)3-1-2-4-12(20)21/h5-7H,1-4H2,(H,20,21). The normalized spacial score (nSPS) is 10.8. The van der Waals surface area contributed by atoms with E-state index in [1.165, 1.54) is 16.8 Å². The van der Waals surface area contributed by atoms with E-state index in [0.29, 0.717) is 24.9 Å². The molecule has 0 aliphatic rings. The maximum atomic E-state index is 13.3. The van der Waals surface area contributed by atoms with Crippen LogP contribution in [0.25, 0.3) is 5.69 Å². The molecule has 1 aromatic carbocycles. The number of aliphatic carboxylic acids is 1. The summed E-state index contributed by atoms with van der Waals surface area (Å²) >= 11 is 11.5. The van der Waals surface area contributed by atoms with Crippen molar-refractivity contribution < 1.29 is 14.3 Å². The third kappa shape index (κ3) is 4.15. The average molecular weight is 332 g/mol. The van der Waals surface area contributed by atoms with Gasteiger partial charge in [-0.05, 0) is 31.4 Å². The Balaban J connectivity index is 2.04. The Morgan fingerprint density at radius 2 is 1.95 bits per heavy atom. The van der Waals surface area contributed by atoms with Gasteiger partial charge in [0.25, 0.3) is 0 Å². The van der Waals surface area contributed by atoms with Crippen LogP contribution in [0.4, 0.5) is 4.39 Å². The molecule has 1 heterocycles. The van der Waals surface area contributed by atoms with Crippen molar-refractivity contribution in [3.8, 4) is 5.69 Å². The molecule has 0 spiro atoms. The van der Waals surface area contributed by atoms with Gasteiger partial charge in [-0.3, -0.25) is 4.79 Å². The number of nitrogens with zero attached hydrogens (tertiary/aromatic N) is 3. The molecule has 21 heavy (non-hydrogen) atoms. The number of carbonyl (C=O) groups is 1. The lowest BCUT2D eigenvalue weighted by Gasteiger charge is -2.03. The van der Waals surface area contributed by atoms with Gasteiger partial charge in [0, 0.05) is 6.42 Å². The molecule has 0 aliphatic carbocycles. The number of hydrogen-bond donors (Lipinski definition) is 1. The summed E-state index contributed by atoms with van der Waals surface area (Å²) in [6.45, 7) is 0. The van der Waals surface area contributed by atoms with Crippen LogP contribution >= 0.6 is 23.2 Å². The molecule has 0 unspecified atom stereocenters. The quantitative estimate of drug-likeness (QED) is 0.649. The van der Waals surface area contributed by atoms with E-state index in [2.05, 4.69) is 10.3 Å². The van der Waals surface area contributed by atoms with E-state index in [1.807, 2.05) is 0 Å². The molecule has 0 saturated carbocycles. The zero-order valence-electron chi connectivity index (χ0n) is 10.9. The number of aromatic nitrogens is 3. The van der Waals surface area contributed by atoms with E-state index in [4.69, 9.17) is 28.3 Å². The molecular formula is C13H12Cl2FN3O2. The number of rotatable bonds is 6. The highest BCUT2D eigenvalue weighted by molar-refractivity contribution is 6.35.